The fourth-order valence-corrected chi connectivity index (χ4v) is 2.27. The highest BCUT2D eigenvalue weighted by Crippen LogP contribution is 2.17. The lowest BCUT2D eigenvalue weighted by atomic mass is 9.92. The van der Waals surface area contributed by atoms with E-state index >= 15 is 0 Å². The molecule has 3 nitrogen and oxygen atoms in total. The standard InChI is InChI=1S/C10H22N2O/c1-3-12(4-2)10-5-6-11-7-9(10)8-13/h9-11,13H,3-8H2,1-2H3. The molecule has 1 rings (SSSR count). The second-order valence-corrected chi connectivity index (χ2v) is 3.72. The maximum Gasteiger partial charge on any atom is 0.0486 e. The molecule has 1 aliphatic rings. The van der Waals surface area contributed by atoms with Crippen LogP contribution in [0.4, 0.5) is 0 Å². The van der Waals surface area contributed by atoms with Crippen molar-refractivity contribution in [1.82, 2.24) is 10.2 Å². The molecule has 0 radical (unpaired) electrons. The molecule has 13 heavy (non-hydrogen) atoms. The first-order valence-electron chi connectivity index (χ1n) is 5.39. The Morgan fingerprint density at radius 1 is 1.38 bits per heavy atom. The molecule has 3 heteroatoms. The van der Waals surface area contributed by atoms with E-state index in [0.29, 0.717) is 18.6 Å². The summed E-state index contributed by atoms with van der Waals surface area (Å²) in [5.41, 5.74) is 0. The van der Waals surface area contributed by atoms with Crippen molar-refractivity contribution in [3.63, 3.8) is 0 Å². The molecule has 2 atom stereocenters. The fourth-order valence-electron chi connectivity index (χ4n) is 2.27. The van der Waals surface area contributed by atoms with Gasteiger partial charge in [-0.05, 0) is 26.1 Å². The monoisotopic (exact) mass is 186 g/mol. The lowest BCUT2D eigenvalue weighted by Crippen LogP contribution is -2.50. The minimum absolute atomic E-state index is 0.314. The van der Waals surface area contributed by atoms with Gasteiger partial charge < -0.3 is 15.3 Å². The van der Waals surface area contributed by atoms with E-state index in [2.05, 4.69) is 24.1 Å². The Balaban J connectivity index is 2.51. The number of rotatable bonds is 4. The van der Waals surface area contributed by atoms with Crippen molar-refractivity contribution in [3.05, 3.63) is 0 Å². The molecule has 0 aromatic heterocycles. The third-order valence-corrected chi connectivity index (χ3v) is 3.08. The van der Waals surface area contributed by atoms with E-state index in [9.17, 15) is 5.11 Å². The minimum Gasteiger partial charge on any atom is -0.396 e. The number of hydrogen-bond acceptors (Lipinski definition) is 3. The van der Waals surface area contributed by atoms with E-state index in [-0.39, 0.29) is 0 Å². The van der Waals surface area contributed by atoms with E-state index in [1.165, 1.54) is 6.42 Å². The number of hydrogen-bond donors (Lipinski definition) is 2. The summed E-state index contributed by atoms with van der Waals surface area (Å²) < 4.78 is 0. The van der Waals surface area contributed by atoms with Crippen molar-refractivity contribution in [2.24, 2.45) is 5.92 Å². The summed E-state index contributed by atoms with van der Waals surface area (Å²) in [5, 5.41) is 12.6. The highest BCUT2D eigenvalue weighted by atomic mass is 16.3. The SMILES string of the molecule is CCN(CC)C1CCNCC1CO. The summed E-state index contributed by atoms with van der Waals surface area (Å²) in [5.74, 6) is 0.425. The van der Waals surface area contributed by atoms with Gasteiger partial charge in [0.2, 0.25) is 0 Å². The van der Waals surface area contributed by atoms with E-state index in [4.69, 9.17) is 0 Å². The quantitative estimate of drug-likeness (QED) is 0.663. The zero-order valence-corrected chi connectivity index (χ0v) is 8.79. The van der Waals surface area contributed by atoms with Gasteiger partial charge >= 0.3 is 0 Å². The Hall–Kier alpha value is -0.120. The Kier molecular flexibility index (Phi) is 4.70. The number of aliphatic hydroxyl groups excluding tert-OH is 1. The van der Waals surface area contributed by atoms with E-state index in [1.807, 2.05) is 0 Å². The minimum atomic E-state index is 0.314. The molecular formula is C10H22N2O. The Bertz CT molecular complexity index is 129. The summed E-state index contributed by atoms with van der Waals surface area (Å²) >= 11 is 0. The Morgan fingerprint density at radius 3 is 2.62 bits per heavy atom. The lowest BCUT2D eigenvalue weighted by molar-refractivity contribution is 0.0810. The van der Waals surface area contributed by atoms with Gasteiger partial charge in [0.05, 0.1) is 0 Å². The molecule has 0 spiro atoms. The van der Waals surface area contributed by atoms with E-state index in [0.717, 1.165) is 26.2 Å². The summed E-state index contributed by atoms with van der Waals surface area (Å²) in [7, 11) is 0. The van der Waals surface area contributed by atoms with Crippen molar-refractivity contribution in [1.29, 1.82) is 0 Å². The first-order chi connectivity index (χ1) is 6.33. The largest absolute Gasteiger partial charge is 0.396 e. The van der Waals surface area contributed by atoms with Gasteiger partial charge in [0.25, 0.3) is 0 Å². The van der Waals surface area contributed by atoms with Crippen LogP contribution < -0.4 is 5.32 Å². The molecular weight excluding hydrogens is 164 g/mol. The molecule has 1 aliphatic heterocycles. The highest BCUT2D eigenvalue weighted by molar-refractivity contribution is 4.84. The van der Waals surface area contributed by atoms with Crippen LogP contribution in [0.5, 0.6) is 0 Å². The zero-order chi connectivity index (χ0) is 9.68. The predicted octanol–water partition coefficient (Wildman–Crippen LogP) is 0.299. The smallest absolute Gasteiger partial charge is 0.0486 e. The van der Waals surface area contributed by atoms with Crippen molar-refractivity contribution in [3.8, 4) is 0 Å². The Morgan fingerprint density at radius 2 is 2.08 bits per heavy atom. The van der Waals surface area contributed by atoms with Crippen LogP contribution in [0.2, 0.25) is 0 Å². The molecule has 78 valence electrons. The van der Waals surface area contributed by atoms with Crippen LogP contribution in [-0.4, -0.2) is 48.8 Å². The molecule has 0 saturated carbocycles. The molecule has 2 N–H and O–H groups in total. The lowest BCUT2D eigenvalue weighted by Gasteiger charge is -2.38. The van der Waals surface area contributed by atoms with Gasteiger partial charge in [-0.15, -0.1) is 0 Å². The van der Waals surface area contributed by atoms with Crippen LogP contribution >= 0.6 is 0 Å². The molecule has 1 fully saturated rings. The van der Waals surface area contributed by atoms with Gasteiger partial charge in [0, 0.05) is 25.1 Å². The van der Waals surface area contributed by atoms with Crippen LogP contribution in [0, 0.1) is 5.92 Å². The number of piperidine rings is 1. The maximum atomic E-state index is 9.23. The zero-order valence-electron chi connectivity index (χ0n) is 8.79. The molecule has 0 aliphatic carbocycles. The van der Waals surface area contributed by atoms with E-state index in [1.54, 1.807) is 0 Å². The Labute approximate surface area is 81.1 Å². The average Bonchev–Trinajstić information content (AvgIpc) is 2.20. The van der Waals surface area contributed by atoms with Crippen molar-refractivity contribution in [2.75, 3.05) is 32.8 Å². The summed E-state index contributed by atoms with van der Waals surface area (Å²) in [6.07, 6.45) is 1.17. The van der Waals surface area contributed by atoms with Crippen LogP contribution in [0.3, 0.4) is 0 Å². The first kappa shape index (κ1) is 11.0. The number of nitrogens with one attached hydrogen (secondary N) is 1. The van der Waals surface area contributed by atoms with Gasteiger partial charge in [-0.2, -0.15) is 0 Å². The van der Waals surface area contributed by atoms with Gasteiger partial charge in [0.15, 0.2) is 0 Å². The molecule has 0 bridgehead atoms. The molecule has 2 unspecified atom stereocenters. The summed E-state index contributed by atoms with van der Waals surface area (Å²) in [6, 6.07) is 0.584. The molecule has 1 heterocycles. The molecule has 0 aromatic carbocycles. The number of nitrogens with zero attached hydrogens (tertiary/aromatic N) is 1. The molecule has 1 saturated heterocycles. The average molecular weight is 186 g/mol. The van der Waals surface area contributed by atoms with Crippen LogP contribution in [0.1, 0.15) is 20.3 Å². The number of aliphatic hydroxyl groups is 1. The van der Waals surface area contributed by atoms with Gasteiger partial charge in [-0.1, -0.05) is 13.8 Å². The van der Waals surface area contributed by atoms with Crippen molar-refractivity contribution in [2.45, 2.75) is 26.3 Å². The summed E-state index contributed by atoms with van der Waals surface area (Å²) in [4.78, 5) is 2.46. The van der Waals surface area contributed by atoms with Crippen molar-refractivity contribution >= 4 is 0 Å². The first-order valence-corrected chi connectivity index (χ1v) is 5.39. The van der Waals surface area contributed by atoms with Gasteiger partial charge in [0.1, 0.15) is 0 Å². The molecule has 0 aromatic rings. The van der Waals surface area contributed by atoms with Crippen molar-refractivity contribution < 1.29 is 5.11 Å². The fraction of sp³-hybridized carbons (Fsp3) is 1.00. The second kappa shape index (κ2) is 5.58. The predicted molar refractivity (Wildman–Crippen MR) is 54.8 cm³/mol. The third-order valence-electron chi connectivity index (χ3n) is 3.08. The van der Waals surface area contributed by atoms with Gasteiger partial charge in [-0.25, -0.2) is 0 Å². The molecule has 0 amide bonds. The van der Waals surface area contributed by atoms with Gasteiger partial charge in [-0.3, -0.25) is 0 Å². The van der Waals surface area contributed by atoms with Crippen LogP contribution in [0.15, 0.2) is 0 Å². The normalized spacial score (nSPS) is 29.5. The summed E-state index contributed by atoms with van der Waals surface area (Å²) in [6.45, 7) is 8.96. The maximum absolute atomic E-state index is 9.23. The van der Waals surface area contributed by atoms with E-state index < -0.39 is 0 Å². The third kappa shape index (κ3) is 2.66. The van der Waals surface area contributed by atoms with Crippen LogP contribution in [0.25, 0.3) is 0 Å². The van der Waals surface area contributed by atoms with Crippen LogP contribution in [-0.2, 0) is 0 Å². The highest BCUT2D eigenvalue weighted by Gasteiger charge is 2.27. The topological polar surface area (TPSA) is 35.5 Å². The second-order valence-electron chi connectivity index (χ2n) is 3.72.